The van der Waals surface area contributed by atoms with Gasteiger partial charge >= 0.3 is 18.9 Å². The topological polar surface area (TPSA) is 27.8 Å². The maximum absolute atomic E-state index is 4.83. The molecule has 0 aromatic heterocycles. The molecule has 1 N–H and O–H groups in total. The van der Waals surface area contributed by atoms with Crippen molar-refractivity contribution in [3.63, 3.8) is 0 Å². The number of likely N-dealkylation sites (N-methyl/N-ethyl adjacent to an activating group) is 1. The summed E-state index contributed by atoms with van der Waals surface area (Å²) in [6.45, 7) is 15.7. The molecular formula is C11H32LiN2OSi2+. The van der Waals surface area contributed by atoms with Crippen LogP contribution in [-0.2, 0) is 4.74 Å². The van der Waals surface area contributed by atoms with Crippen LogP contribution in [0.5, 0.6) is 0 Å². The van der Waals surface area contributed by atoms with Crippen LogP contribution in [0.4, 0.5) is 0 Å². The Bertz CT molecular complexity index is 156. The Morgan fingerprint density at radius 1 is 0.941 bits per heavy atom. The van der Waals surface area contributed by atoms with E-state index in [0.717, 1.165) is 13.2 Å². The molecule has 0 aromatic rings. The Balaban J connectivity index is -0.000000224. The van der Waals surface area contributed by atoms with Gasteiger partial charge in [-0.15, -0.1) is 0 Å². The van der Waals surface area contributed by atoms with Crippen LogP contribution in [0.3, 0.4) is 0 Å². The SMILES string of the molecule is COCC[NH+](C)C.C[Si](C)(C)[N-][Si](C)(C)C.[Li+]. The summed E-state index contributed by atoms with van der Waals surface area (Å²) in [5.41, 5.74) is 0. The third-order valence-electron chi connectivity index (χ3n) is 1.48. The van der Waals surface area contributed by atoms with E-state index in [1.165, 1.54) is 4.90 Å². The van der Waals surface area contributed by atoms with E-state index in [9.17, 15) is 0 Å². The molecule has 0 spiro atoms. The molecule has 100 valence electrons. The van der Waals surface area contributed by atoms with Crippen LogP contribution in [0.15, 0.2) is 0 Å². The van der Waals surface area contributed by atoms with Crippen molar-refractivity contribution in [3.8, 4) is 0 Å². The Hall–Kier alpha value is 0.911. The zero-order chi connectivity index (χ0) is 13.4. The molecule has 0 aliphatic heterocycles. The summed E-state index contributed by atoms with van der Waals surface area (Å²) in [6.07, 6.45) is 0. The molecule has 0 heterocycles. The molecule has 0 bridgehead atoms. The molecule has 0 saturated carbocycles. The van der Waals surface area contributed by atoms with Crippen molar-refractivity contribution >= 4 is 16.5 Å². The molecule has 17 heavy (non-hydrogen) atoms. The molecule has 6 heteroatoms. The van der Waals surface area contributed by atoms with Gasteiger partial charge in [-0.05, 0) is 0 Å². The fourth-order valence-corrected chi connectivity index (χ4v) is 9.36. The Kier molecular flexibility index (Phi) is 14.6. The minimum Gasteiger partial charge on any atom is -0.668 e. The minimum atomic E-state index is -1.11. The van der Waals surface area contributed by atoms with E-state index in [2.05, 4.69) is 53.4 Å². The van der Waals surface area contributed by atoms with E-state index in [-0.39, 0.29) is 18.9 Å². The third-order valence-corrected chi connectivity index (χ3v) is 6.84. The first-order valence-corrected chi connectivity index (χ1v) is 12.9. The number of hydrogen-bond donors (Lipinski definition) is 1. The van der Waals surface area contributed by atoms with Crippen LogP contribution in [0, 0.1) is 0 Å². The summed E-state index contributed by atoms with van der Waals surface area (Å²) in [6, 6.07) is 0. The first-order valence-electron chi connectivity index (χ1n) is 6.00. The van der Waals surface area contributed by atoms with Gasteiger partial charge in [0.2, 0.25) is 0 Å². The quantitative estimate of drug-likeness (QED) is 0.626. The monoisotopic (exact) mass is 271 g/mol. The molecule has 3 nitrogen and oxygen atoms in total. The molecule has 0 aliphatic carbocycles. The second-order valence-electron chi connectivity index (χ2n) is 6.40. The van der Waals surface area contributed by atoms with Gasteiger partial charge in [-0.1, -0.05) is 55.8 Å². The van der Waals surface area contributed by atoms with Crippen LogP contribution in [0.2, 0.25) is 39.3 Å². The van der Waals surface area contributed by atoms with Crippen LogP contribution >= 0.6 is 0 Å². The van der Waals surface area contributed by atoms with E-state index in [0.29, 0.717) is 0 Å². The molecule has 0 aromatic carbocycles. The summed E-state index contributed by atoms with van der Waals surface area (Å²) in [7, 11) is 3.73. The molecule has 0 radical (unpaired) electrons. The molecule has 0 saturated heterocycles. The van der Waals surface area contributed by atoms with Gasteiger partial charge in [-0.3, -0.25) is 0 Å². The van der Waals surface area contributed by atoms with Crippen molar-refractivity contribution in [3.05, 3.63) is 4.65 Å². The average molecular weight is 272 g/mol. The van der Waals surface area contributed by atoms with Crippen molar-refractivity contribution in [2.45, 2.75) is 39.3 Å². The maximum Gasteiger partial charge on any atom is 1.00 e. The molecule has 0 aliphatic rings. The summed E-state index contributed by atoms with van der Waals surface area (Å²) in [4.78, 5) is 1.43. The second kappa shape index (κ2) is 10.8. The van der Waals surface area contributed by atoms with Crippen molar-refractivity contribution in [1.82, 2.24) is 0 Å². The summed E-state index contributed by atoms with van der Waals surface area (Å²) in [5.74, 6) is 0. The van der Waals surface area contributed by atoms with E-state index >= 15 is 0 Å². The van der Waals surface area contributed by atoms with Gasteiger partial charge in [0.1, 0.15) is 6.54 Å². The van der Waals surface area contributed by atoms with Gasteiger partial charge in [0.05, 0.1) is 20.7 Å². The molecule has 0 unspecified atom stereocenters. The Morgan fingerprint density at radius 2 is 1.29 bits per heavy atom. The van der Waals surface area contributed by atoms with Crippen molar-refractivity contribution in [1.29, 1.82) is 0 Å². The average Bonchev–Trinajstić information content (AvgIpc) is 1.94. The normalized spacial score (nSPS) is 11.6. The number of methoxy groups -OCH3 is 1. The number of ether oxygens (including phenoxy) is 1. The van der Waals surface area contributed by atoms with E-state index in [1.807, 2.05) is 0 Å². The largest absolute Gasteiger partial charge is 1.00 e. The zero-order valence-electron chi connectivity index (χ0n) is 13.8. The predicted octanol–water partition coefficient (Wildman–Crippen LogP) is -1.19. The standard InChI is InChI=1S/C6H18NSi2.C5H13NO.Li/c1-8(2,3)7-9(4,5)6;1-6(2)4-5-7-3;/h1-6H3;4-5H2,1-3H3;/q-1;;+1/p+1. The molecule has 0 rings (SSSR count). The van der Waals surface area contributed by atoms with Crippen molar-refractivity contribution in [2.24, 2.45) is 0 Å². The van der Waals surface area contributed by atoms with Gasteiger partial charge < -0.3 is 14.3 Å². The Morgan fingerprint density at radius 3 is 1.35 bits per heavy atom. The molecular weight excluding hydrogens is 239 g/mol. The zero-order valence-corrected chi connectivity index (χ0v) is 15.8. The van der Waals surface area contributed by atoms with Crippen molar-refractivity contribution < 1.29 is 28.5 Å². The van der Waals surface area contributed by atoms with Gasteiger partial charge in [0.15, 0.2) is 0 Å². The van der Waals surface area contributed by atoms with Gasteiger partial charge in [-0.2, -0.15) is 0 Å². The number of rotatable bonds is 5. The smallest absolute Gasteiger partial charge is 0.668 e. The first kappa shape index (κ1) is 23.0. The maximum atomic E-state index is 4.83. The van der Waals surface area contributed by atoms with Crippen LogP contribution in [0.25, 0.3) is 4.65 Å². The summed E-state index contributed by atoms with van der Waals surface area (Å²) >= 11 is 0. The summed E-state index contributed by atoms with van der Waals surface area (Å²) in [5, 5.41) is 0. The fraction of sp³-hybridized carbons (Fsp3) is 1.00. The molecule has 0 amide bonds. The number of nitrogens with zero attached hydrogens (tertiary/aromatic N) is 1. The predicted molar refractivity (Wildman–Crippen MR) is 79.6 cm³/mol. The Labute approximate surface area is 123 Å². The second-order valence-corrected chi connectivity index (χ2v) is 16.0. The van der Waals surface area contributed by atoms with Crippen LogP contribution in [0.1, 0.15) is 0 Å². The number of quaternary nitrogens is 1. The molecule has 0 fully saturated rings. The van der Waals surface area contributed by atoms with Gasteiger partial charge in [-0.25, -0.2) is 0 Å². The van der Waals surface area contributed by atoms with E-state index in [4.69, 9.17) is 9.38 Å². The van der Waals surface area contributed by atoms with Gasteiger partial charge in [0.25, 0.3) is 0 Å². The first-order chi connectivity index (χ1) is 6.98. The fourth-order valence-electron chi connectivity index (χ4n) is 1.31. The minimum absolute atomic E-state index is 0. The number of nitrogens with one attached hydrogen (secondary N) is 1. The summed E-state index contributed by atoms with van der Waals surface area (Å²) < 4.78 is 9.65. The third kappa shape index (κ3) is 31.6. The van der Waals surface area contributed by atoms with E-state index < -0.39 is 16.5 Å². The van der Waals surface area contributed by atoms with Crippen LogP contribution in [-0.4, -0.2) is 50.8 Å². The van der Waals surface area contributed by atoms with E-state index in [1.54, 1.807) is 7.11 Å². The van der Waals surface area contributed by atoms with Crippen molar-refractivity contribution in [2.75, 3.05) is 34.4 Å². The molecule has 0 atom stereocenters. The van der Waals surface area contributed by atoms with Gasteiger partial charge in [0, 0.05) is 7.11 Å². The number of hydrogen-bond acceptors (Lipinski definition) is 1. The van der Waals surface area contributed by atoms with Crippen LogP contribution < -0.4 is 23.8 Å².